The number of nitrogens with zero attached hydrogens (tertiary/aromatic N) is 3. The van der Waals surface area contributed by atoms with Crippen molar-refractivity contribution in [2.24, 2.45) is 0 Å². The van der Waals surface area contributed by atoms with Gasteiger partial charge in [0.1, 0.15) is 6.33 Å². The van der Waals surface area contributed by atoms with Gasteiger partial charge in [-0.25, -0.2) is 9.97 Å². The number of anilines is 2. The molecular formula is C19H17ClN6O3. The number of rotatable bonds is 7. The highest BCUT2D eigenvalue weighted by molar-refractivity contribution is 6.33. The highest BCUT2D eigenvalue weighted by Gasteiger charge is 2.23. The summed E-state index contributed by atoms with van der Waals surface area (Å²) in [5.41, 5.74) is 6.72. The highest BCUT2D eigenvalue weighted by Crippen LogP contribution is 2.28. The molecule has 0 saturated heterocycles. The number of nitro groups is 1. The number of benzene rings is 2. The Morgan fingerprint density at radius 3 is 2.48 bits per heavy atom. The number of hydrogen-bond donors (Lipinski definition) is 3. The third kappa shape index (κ3) is 4.96. The molecule has 0 aliphatic rings. The van der Waals surface area contributed by atoms with Crippen molar-refractivity contribution >= 4 is 34.8 Å². The van der Waals surface area contributed by atoms with Crippen LogP contribution in [-0.4, -0.2) is 20.8 Å². The number of hydrazine groups is 1. The number of amides is 1. The lowest BCUT2D eigenvalue weighted by molar-refractivity contribution is -0.383. The molecule has 3 aromatic rings. The summed E-state index contributed by atoms with van der Waals surface area (Å²) in [7, 11) is 0. The van der Waals surface area contributed by atoms with Gasteiger partial charge in [-0.05, 0) is 24.6 Å². The van der Waals surface area contributed by atoms with E-state index in [1.165, 1.54) is 6.07 Å². The number of aryl methyl sites for hydroxylation is 1. The summed E-state index contributed by atoms with van der Waals surface area (Å²) in [5.74, 6) is -0.686. The summed E-state index contributed by atoms with van der Waals surface area (Å²) in [6.45, 7) is 2.31. The number of aromatic nitrogens is 2. The van der Waals surface area contributed by atoms with E-state index in [4.69, 9.17) is 11.6 Å². The van der Waals surface area contributed by atoms with E-state index in [1.54, 1.807) is 18.2 Å². The summed E-state index contributed by atoms with van der Waals surface area (Å²) in [6, 6.07) is 14.2. The topological polar surface area (TPSA) is 122 Å². The van der Waals surface area contributed by atoms with E-state index < -0.39 is 10.8 Å². The van der Waals surface area contributed by atoms with E-state index in [1.807, 2.05) is 31.2 Å². The van der Waals surface area contributed by atoms with Gasteiger partial charge in [0.05, 0.1) is 15.5 Å². The Morgan fingerprint density at radius 1 is 1.10 bits per heavy atom. The second-order valence-electron chi connectivity index (χ2n) is 6.07. The zero-order valence-corrected chi connectivity index (χ0v) is 16.1. The maximum absolute atomic E-state index is 12.3. The van der Waals surface area contributed by atoms with Crippen molar-refractivity contribution in [3.8, 4) is 0 Å². The van der Waals surface area contributed by atoms with Gasteiger partial charge < -0.3 is 5.32 Å². The maximum atomic E-state index is 12.3. The minimum atomic E-state index is -0.624. The molecule has 1 amide bonds. The van der Waals surface area contributed by atoms with Gasteiger partial charge in [-0.15, -0.1) is 0 Å². The zero-order chi connectivity index (χ0) is 20.8. The van der Waals surface area contributed by atoms with Crippen LogP contribution in [0.1, 0.15) is 21.5 Å². The van der Waals surface area contributed by atoms with Crippen LogP contribution >= 0.6 is 11.6 Å². The lowest BCUT2D eigenvalue weighted by atomic mass is 10.1. The molecule has 1 heterocycles. The fourth-order valence-corrected chi connectivity index (χ4v) is 2.71. The van der Waals surface area contributed by atoms with Crippen LogP contribution in [0.3, 0.4) is 0 Å². The van der Waals surface area contributed by atoms with Crippen molar-refractivity contribution < 1.29 is 9.72 Å². The van der Waals surface area contributed by atoms with Crippen LogP contribution in [0, 0.1) is 17.0 Å². The zero-order valence-electron chi connectivity index (χ0n) is 15.3. The number of hydrogen-bond acceptors (Lipinski definition) is 7. The minimum absolute atomic E-state index is 0.0278. The summed E-state index contributed by atoms with van der Waals surface area (Å²) >= 11 is 5.98. The largest absolute Gasteiger partial charge is 0.360 e. The van der Waals surface area contributed by atoms with E-state index >= 15 is 0 Å². The Morgan fingerprint density at radius 2 is 1.79 bits per heavy atom. The average Bonchev–Trinajstić information content (AvgIpc) is 2.71. The van der Waals surface area contributed by atoms with Gasteiger partial charge in [0.15, 0.2) is 0 Å². The Kier molecular flexibility index (Phi) is 6.20. The second-order valence-corrected chi connectivity index (χ2v) is 6.48. The van der Waals surface area contributed by atoms with Crippen molar-refractivity contribution in [3.05, 3.63) is 86.7 Å². The van der Waals surface area contributed by atoms with E-state index in [9.17, 15) is 14.9 Å². The van der Waals surface area contributed by atoms with Gasteiger partial charge in [-0.3, -0.25) is 25.8 Å². The van der Waals surface area contributed by atoms with Gasteiger partial charge in [0.2, 0.25) is 11.6 Å². The van der Waals surface area contributed by atoms with E-state index in [2.05, 4.69) is 26.1 Å². The van der Waals surface area contributed by atoms with E-state index in [0.29, 0.717) is 6.54 Å². The van der Waals surface area contributed by atoms with Crippen molar-refractivity contribution in [2.75, 3.05) is 10.7 Å². The molecule has 29 heavy (non-hydrogen) atoms. The van der Waals surface area contributed by atoms with Crippen LogP contribution in [-0.2, 0) is 6.54 Å². The number of nitrogens with one attached hydrogen (secondary N) is 3. The molecule has 0 aliphatic heterocycles. The van der Waals surface area contributed by atoms with Crippen LogP contribution in [0.2, 0.25) is 5.02 Å². The van der Waals surface area contributed by atoms with Crippen LogP contribution in [0.5, 0.6) is 0 Å². The molecule has 0 radical (unpaired) electrons. The first-order valence-corrected chi connectivity index (χ1v) is 8.93. The van der Waals surface area contributed by atoms with Gasteiger partial charge >= 0.3 is 5.69 Å². The molecule has 0 aliphatic carbocycles. The Hall–Kier alpha value is -3.72. The summed E-state index contributed by atoms with van der Waals surface area (Å²) in [6.07, 6.45) is 1.16. The molecule has 1 aromatic heterocycles. The normalized spacial score (nSPS) is 10.3. The predicted molar refractivity (Wildman–Crippen MR) is 110 cm³/mol. The molecule has 3 N–H and O–H groups in total. The van der Waals surface area contributed by atoms with Gasteiger partial charge in [-0.2, -0.15) is 0 Å². The third-order valence-electron chi connectivity index (χ3n) is 4.00. The number of halogens is 1. The minimum Gasteiger partial charge on any atom is -0.360 e. The molecule has 10 heteroatoms. The van der Waals surface area contributed by atoms with Gasteiger partial charge in [-0.1, -0.05) is 53.6 Å². The molecule has 0 fully saturated rings. The quantitative estimate of drug-likeness (QED) is 0.399. The molecule has 0 bridgehead atoms. The van der Waals surface area contributed by atoms with Crippen molar-refractivity contribution in [3.63, 3.8) is 0 Å². The first-order valence-electron chi connectivity index (χ1n) is 8.55. The van der Waals surface area contributed by atoms with Crippen LogP contribution < -0.4 is 16.2 Å². The summed E-state index contributed by atoms with van der Waals surface area (Å²) < 4.78 is 0. The molecule has 0 unspecified atom stereocenters. The molecule has 9 nitrogen and oxygen atoms in total. The van der Waals surface area contributed by atoms with Gasteiger partial charge in [0.25, 0.3) is 5.91 Å². The Balaban J connectivity index is 1.76. The third-order valence-corrected chi connectivity index (χ3v) is 4.33. The SMILES string of the molecule is Cc1ccc(CNc2ncnc(NNC(=O)c3ccccc3Cl)c2[N+](=O)[O-])cc1. The summed E-state index contributed by atoms with van der Waals surface area (Å²) in [4.78, 5) is 31.0. The standard InChI is InChI=1S/C19H17ClN6O3/c1-12-6-8-13(9-7-12)10-21-17-16(26(28)29)18(23-11-22-17)24-25-19(27)14-4-2-3-5-15(14)20/h2-9,11H,10H2,1H3,(H,25,27)(H2,21,22,23,24). The molecule has 3 rings (SSSR count). The fraction of sp³-hybridized carbons (Fsp3) is 0.105. The van der Waals surface area contributed by atoms with Crippen LogP contribution in [0.15, 0.2) is 54.9 Å². The lowest BCUT2D eigenvalue weighted by Gasteiger charge is -2.11. The van der Waals surface area contributed by atoms with Crippen LogP contribution in [0.25, 0.3) is 0 Å². The number of carbonyl (C=O) groups is 1. The molecule has 0 atom stereocenters. The maximum Gasteiger partial charge on any atom is 0.354 e. The summed E-state index contributed by atoms with van der Waals surface area (Å²) in [5, 5.41) is 14.8. The molecule has 148 valence electrons. The monoisotopic (exact) mass is 412 g/mol. The van der Waals surface area contributed by atoms with Gasteiger partial charge in [0, 0.05) is 6.54 Å². The average molecular weight is 413 g/mol. The predicted octanol–water partition coefficient (Wildman–Crippen LogP) is 3.72. The Labute approximate surface area is 171 Å². The second kappa shape index (κ2) is 8.98. The molecule has 2 aromatic carbocycles. The highest BCUT2D eigenvalue weighted by atomic mass is 35.5. The smallest absolute Gasteiger partial charge is 0.354 e. The van der Waals surface area contributed by atoms with Crippen molar-refractivity contribution in [1.29, 1.82) is 0 Å². The van der Waals surface area contributed by atoms with Crippen LogP contribution in [0.4, 0.5) is 17.3 Å². The Bertz CT molecular complexity index is 1040. The van der Waals surface area contributed by atoms with E-state index in [0.717, 1.165) is 17.5 Å². The van der Waals surface area contributed by atoms with Crippen molar-refractivity contribution in [2.45, 2.75) is 13.5 Å². The van der Waals surface area contributed by atoms with Crippen molar-refractivity contribution in [1.82, 2.24) is 15.4 Å². The number of carbonyl (C=O) groups excluding carboxylic acids is 1. The molecular weight excluding hydrogens is 396 g/mol. The molecule has 0 spiro atoms. The first kappa shape index (κ1) is 20.0. The first-order chi connectivity index (χ1) is 14.0. The molecule has 0 saturated carbocycles. The van der Waals surface area contributed by atoms with E-state index in [-0.39, 0.29) is 27.9 Å². The fourth-order valence-electron chi connectivity index (χ4n) is 2.49. The lowest BCUT2D eigenvalue weighted by Crippen LogP contribution is -2.30.